The maximum Gasteiger partial charge on any atom is 0.165 e. The predicted molar refractivity (Wildman–Crippen MR) is 105 cm³/mol. The van der Waals surface area contributed by atoms with E-state index in [-0.39, 0.29) is 11.8 Å². The number of Topliss-reactive ketones (excluding diaryl/α,β-unsaturated/α-hetero) is 1. The highest BCUT2D eigenvalue weighted by atomic mass is 16.3. The molecule has 3 aromatic carbocycles. The third kappa shape index (κ3) is 4.42. The van der Waals surface area contributed by atoms with E-state index >= 15 is 0 Å². The van der Waals surface area contributed by atoms with E-state index in [2.05, 4.69) is 10.5 Å². The van der Waals surface area contributed by atoms with Crippen LogP contribution in [0.3, 0.4) is 0 Å². The largest absolute Gasteiger partial charge is 0.378 e. The lowest BCUT2D eigenvalue weighted by molar-refractivity contribution is 0.0976. The van der Waals surface area contributed by atoms with Gasteiger partial charge in [-0.2, -0.15) is 0 Å². The van der Waals surface area contributed by atoms with Crippen LogP contribution in [0.1, 0.15) is 33.9 Å². The fourth-order valence-electron chi connectivity index (χ4n) is 2.80. The van der Waals surface area contributed by atoms with Crippen LogP contribution in [0.25, 0.3) is 0 Å². The normalized spacial score (nSPS) is 11.6. The van der Waals surface area contributed by atoms with E-state index in [1.54, 1.807) is 24.3 Å². The SMILES string of the molecule is Cc1ccc(C(=O)CC(Nc2ccc(N=O)cc2)c2ccccc2)cc1. The van der Waals surface area contributed by atoms with Crippen LogP contribution in [0, 0.1) is 11.8 Å². The van der Waals surface area contributed by atoms with E-state index in [1.807, 2.05) is 61.5 Å². The number of anilines is 1. The number of hydrogen-bond acceptors (Lipinski definition) is 4. The Labute approximate surface area is 152 Å². The summed E-state index contributed by atoms with van der Waals surface area (Å²) in [5.41, 5.74) is 4.08. The predicted octanol–water partition coefficient (Wildman–Crippen LogP) is 5.82. The molecule has 130 valence electrons. The molecule has 0 spiro atoms. The number of nitrogens with zero attached hydrogens (tertiary/aromatic N) is 1. The molecule has 1 N–H and O–H groups in total. The first kappa shape index (κ1) is 17.5. The summed E-state index contributed by atoms with van der Waals surface area (Å²) in [6, 6.07) is 24.2. The number of rotatable bonds is 7. The van der Waals surface area contributed by atoms with Crippen LogP contribution < -0.4 is 5.32 Å². The molecule has 0 aromatic heterocycles. The molecule has 26 heavy (non-hydrogen) atoms. The maximum atomic E-state index is 12.7. The fourth-order valence-corrected chi connectivity index (χ4v) is 2.80. The van der Waals surface area contributed by atoms with Crippen molar-refractivity contribution in [3.63, 3.8) is 0 Å². The van der Waals surface area contributed by atoms with Gasteiger partial charge in [-0.1, -0.05) is 60.2 Å². The van der Waals surface area contributed by atoms with Gasteiger partial charge < -0.3 is 5.32 Å². The molecule has 0 radical (unpaired) electrons. The lowest BCUT2D eigenvalue weighted by Crippen LogP contribution is -2.15. The molecule has 0 heterocycles. The molecular formula is C22H20N2O2. The van der Waals surface area contributed by atoms with Gasteiger partial charge >= 0.3 is 0 Å². The van der Waals surface area contributed by atoms with Gasteiger partial charge in [-0.05, 0) is 41.9 Å². The Bertz CT molecular complexity index is 872. The molecular weight excluding hydrogens is 324 g/mol. The summed E-state index contributed by atoms with van der Waals surface area (Å²) in [5.74, 6) is 0.0810. The van der Waals surface area contributed by atoms with Crippen LogP contribution in [0.5, 0.6) is 0 Å². The van der Waals surface area contributed by atoms with Gasteiger partial charge in [0.2, 0.25) is 0 Å². The van der Waals surface area contributed by atoms with Gasteiger partial charge in [-0.25, -0.2) is 0 Å². The fraction of sp³-hybridized carbons (Fsp3) is 0.136. The number of hydrogen-bond donors (Lipinski definition) is 1. The Morgan fingerprint density at radius 1 is 0.923 bits per heavy atom. The molecule has 4 nitrogen and oxygen atoms in total. The van der Waals surface area contributed by atoms with Gasteiger partial charge in [-0.3, -0.25) is 4.79 Å². The van der Waals surface area contributed by atoms with Crippen molar-refractivity contribution in [2.75, 3.05) is 5.32 Å². The summed E-state index contributed by atoms with van der Waals surface area (Å²) in [5, 5.41) is 6.31. The second kappa shape index (κ2) is 8.21. The number of ketones is 1. The van der Waals surface area contributed by atoms with Crippen LogP contribution in [0.15, 0.2) is 84.0 Å². The summed E-state index contributed by atoms with van der Waals surface area (Å²) in [6.45, 7) is 2.00. The lowest BCUT2D eigenvalue weighted by atomic mass is 9.97. The van der Waals surface area contributed by atoms with E-state index < -0.39 is 0 Å². The van der Waals surface area contributed by atoms with Crippen LogP contribution in [0.4, 0.5) is 11.4 Å². The molecule has 0 saturated heterocycles. The average Bonchev–Trinajstić information content (AvgIpc) is 2.69. The number of aryl methyl sites for hydroxylation is 1. The zero-order chi connectivity index (χ0) is 18.4. The van der Waals surface area contributed by atoms with Gasteiger partial charge in [-0.15, -0.1) is 4.91 Å². The maximum absolute atomic E-state index is 12.7. The van der Waals surface area contributed by atoms with Gasteiger partial charge in [0.05, 0.1) is 6.04 Å². The van der Waals surface area contributed by atoms with E-state index in [9.17, 15) is 9.70 Å². The first-order chi connectivity index (χ1) is 12.7. The van der Waals surface area contributed by atoms with Crippen molar-refractivity contribution in [3.05, 3.63) is 100 Å². The number of carbonyl (C=O) groups is 1. The second-order valence-electron chi connectivity index (χ2n) is 6.24. The highest BCUT2D eigenvalue weighted by Gasteiger charge is 2.17. The Hall–Kier alpha value is -3.27. The molecule has 1 unspecified atom stereocenters. The molecule has 1 atom stereocenters. The standard InChI is InChI=1S/C22H20N2O2/c1-16-7-9-18(10-8-16)22(25)15-21(17-5-3-2-4-6-17)23-19-11-13-20(24-26)14-12-19/h2-14,21,23H,15H2,1H3. The minimum atomic E-state index is -0.167. The van der Waals surface area contributed by atoms with Crippen LogP contribution in [-0.4, -0.2) is 5.78 Å². The highest BCUT2D eigenvalue weighted by molar-refractivity contribution is 5.96. The second-order valence-corrected chi connectivity index (χ2v) is 6.24. The first-order valence-electron chi connectivity index (χ1n) is 8.50. The minimum Gasteiger partial charge on any atom is -0.378 e. The Balaban J connectivity index is 1.82. The molecule has 0 aliphatic heterocycles. The first-order valence-corrected chi connectivity index (χ1v) is 8.50. The molecule has 0 saturated carbocycles. The summed E-state index contributed by atoms with van der Waals surface area (Å²) in [4.78, 5) is 23.3. The van der Waals surface area contributed by atoms with E-state index in [4.69, 9.17) is 0 Å². The third-order valence-corrected chi connectivity index (χ3v) is 4.28. The molecule has 0 amide bonds. The van der Waals surface area contributed by atoms with Crippen molar-refractivity contribution in [1.29, 1.82) is 0 Å². The summed E-state index contributed by atoms with van der Waals surface area (Å²) in [7, 11) is 0. The zero-order valence-electron chi connectivity index (χ0n) is 14.6. The third-order valence-electron chi connectivity index (χ3n) is 4.28. The zero-order valence-corrected chi connectivity index (χ0v) is 14.6. The molecule has 0 aliphatic rings. The van der Waals surface area contributed by atoms with Crippen molar-refractivity contribution >= 4 is 17.2 Å². The molecule has 3 rings (SSSR count). The number of carbonyl (C=O) groups excluding carboxylic acids is 1. The van der Waals surface area contributed by atoms with Gasteiger partial charge in [0.25, 0.3) is 0 Å². The molecule has 0 fully saturated rings. The number of benzene rings is 3. The topological polar surface area (TPSA) is 58.5 Å². The Morgan fingerprint density at radius 3 is 2.19 bits per heavy atom. The molecule has 0 aliphatic carbocycles. The number of nitrogens with one attached hydrogen (secondary N) is 1. The van der Waals surface area contributed by atoms with Crippen molar-refractivity contribution in [2.45, 2.75) is 19.4 Å². The lowest BCUT2D eigenvalue weighted by Gasteiger charge is -2.20. The summed E-state index contributed by atoms with van der Waals surface area (Å²) < 4.78 is 0. The van der Waals surface area contributed by atoms with Crippen molar-refractivity contribution in [2.24, 2.45) is 5.18 Å². The van der Waals surface area contributed by atoms with E-state index in [0.717, 1.165) is 16.8 Å². The van der Waals surface area contributed by atoms with Gasteiger partial charge in [0.15, 0.2) is 5.78 Å². The van der Waals surface area contributed by atoms with Crippen molar-refractivity contribution in [1.82, 2.24) is 0 Å². The van der Waals surface area contributed by atoms with Crippen LogP contribution in [0.2, 0.25) is 0 Å². The van der Waals surface area contributed by atoms with Crippen LogP contribution in [-0.2, 0) is 0 Å². The monoisotopic (exact) mass is 344 g/mol. The quantitative estimate of drug-likeness (QED) is 0.434. The van der Waals surface area contributed by atoms with E-state index in [1.165, 1.54) is 0 Å². The molecule has 3 aromatic rings. The highest BCUT2D eigenvalue weighted by Crippen LogP contribution is 2.26. The van der Waals surface area contributed by atoms with E-state index in [0.29, 0.717) is 17.7 Å². The summed E-state index contributed by atoms with van der Waals surface area (Å²) >= 11 is 0. The van der Waals surface area contributed by atoms with Crippen LogP contribution >= 0.6 is 0 Å². The Kier molecular flexibility index (Phi) is 5.54. The molecule has 4 heteroatoms. The van der Waals surface area contributed by atoms with Gasteiger partial charge in [0.1, 0.15) is 5.69 Å². The number of nitroso groups, excluding NO2 is 1. The smallest absolute Gasteiger partial charge is 0.165 e. The van der Waals surface area contributed by atoms with Gasteiger partial charge in [0, 0.05) is 17.7 Å². The minimum absolute atomic E-state index is 0.0810. The molecule has 0 bridgehead atoms. The Morgan fingerprint density at radius 2 is 1.58 bits per heavy atom. The summed E-state index contributed by atoms with van der Waals surface area (Å²) in [6.07, 6.45) is 0.334. The average molecular weight is 344 g/mol. The van der Waals surface area contributed by atoms with Crippen molar-refractivity contribution in [3.8, 4) is 0 Å². The van der Waals surface area contributed by atoms with Crippen molar-refractivity contribution < 1.29 is 4.79 Å².